The molecule has 1 aromatic carbocycles. The van der Waals surface area contributed by atoms with Gasteiger partial charge in [-0.15, -0.1) is 0 Å². The van der Waals surface area contributed by atoms with Gasteiger partial charge in [0.2, 0.25) is 0 Å². The number of rotatable bonds is 1. The van der Waals surface area contributed by atoms with Crippen LogP contribution in [0.2, 0.25) is 0 Å². The summed E-state index contributed by atoms with van der Waals surface area (Å²) in [6.45, 7) is 2.16. The number of fused-ring (bicyclic) bond motifs is 3. The molecule has 0 fully saturated rings. The Morgan fingerprint density at radius 3 is 3.14 bits per heavy atom. The van der Waals surface area contributed by atoms with Gasteiger partial charge in [-0.1, -0.05) is 19.1 Å². The highest BCUT2D eigenvalue weighted by molar-refractivity contribution is 5.47. The van der Waals surface area contributed by atoms with Crippen LogP contribution in [0.3, 0.4) is 0 Å². The Labute approximate surface area is 83.1 Å². The van der Waals surface area contributed by atoms with Gasteiger partial charge < -0.3 is 9.47 Å². The van der Waals surface area contributed by atoms with Gasteiger partial charge in [0.15, 0.2) is 12.2 Å². The molecule has 2 aliphatic rings. The van der Waals surface area contributed by atoms with Crippen molar-refractivity contribution in [2.24, 2.45) is 0 Å². The van der Waals surface area contributed by atoms with Crippen LogP contribution >= 0.6 is 0 Å². The number of hydrogen-bond donors (Lipinski definition) is 0. The van der Waals surface area contributed by atoms with Crippen LogP contribution in [0.25, 0.3) is 0 Å². The molecule has 2 nitrogen and oxygen atoms in total. The molecule has 0 radical (unpaired) electrons. The maximum atomic E-state index is 5.76. The lowest BCUT2D eigenvalue weighted by atomic mass is 9.99. The van der Waals surface area contributed by atoms with Crippen molar-refractivity contribution in [2.45, 2.75) is 25.6 Å². The molecule has 0 bridgehead atoms. The number of ether oxygens (including phenoxy) is 2. The number of benzene rings is 1. The molecule has 0 saturated carbocycles. The summed E-state index contributed by atoms with van der Waals surface area (Å²) in [5, 5.41) is 0. The molecule has 0 aromatic heterocycles. The second-order valence-electron chi connectivity index (χ2n) is 3.65. The average Bonchev–Trinajstić information content (AvgIpc) is 2.75. The molecule has 0 aliphatic carbocycles. The monoisotopic (exact) mass is 188 g/mol. The van der Waals surface area contributed by atoms with Crippen molar-refractivity contribution in [3.05, 3.63) is 41.7 Å². The largest absolute Gasteiger partial charge is 0.489 e. The van der Waals surface area contributed by atoms with E-state index in [1.54, 1.807) is 6.26 Å². The molecule has 2 aliphatic heterocycles. The van der Waals surface area contributed by atoms with E-state index in [0.717, 1.165) is 12.2 Å². The highest BCUT2D eigenvalue weighted by atomic mass is 16.6. The van der Waals surface area contributed by atoms with Crippen molar-refractivity contribution in [1.29, 1.82) is 0 Å². The van der Waals surface area contributed by atoms with E-state index >= 15 is 0 Å². The Bertz CT molecular complexity index is 395. The predicted octanol–water partition coefficient (Wildman–Crippen LogP) is 2.60. The number of hydrogen-bond acceptors (Lipinski definition) is 2. The van der Waals surface area contributed by atoms with Crippen LogP contribution in [0.1, 0.15) is 24.2 Å². The van der Waals surface area contributed by atoms with Crippen LogP contribution in [-0.4, -0.2) is 6.10 Å². The molecule has 0 amide bonds. The van der Waals surface area contributed by atoms with Gasteiger partial charge in [-0.3, -0.25) is 0 Å². The molecule has 3 rings (SSSR count). The molecule has 1 aromatic rings. The first kappa shape index (κ1) is 7.92. The minimum absolute atomic E-state index is 0.0951. The van der Waals surface area contributed by atoms with Gasteiger partial charge in [0, 0.05) is 5.56 Å². The molecule has 0 spiro atoms. The highest BCUT2D eigenvalue weighted by Crippen LogP contribution is 2.44. The second kappa shape index (κ2) is 2.77. The summed E-state index contributed by atoms with van der Waals surface area (Å²) in [5.74, 6) is 0.990. The summed E-state index contributed by atoms with van der Waals surface area (Å²) < 4.78 is 11.3. The standard InChI is InChI=1S/C12H12O2/c1-2-8-4-3-5-9-11(8)12-10(14-9)6-7-13-12/h3-7,10,12H,2H2,1H3/t10-,12+/m0/s1. The van der Waals surface area contributed by atoms with Crippen LogP contribution in [-0.2, 0) is 11.2 Å². The molecular formula is C12H12O2. The summed E-state index contributed by atoms with van der Waals surface area (Å²) in [4.78, 5) is 0. The lowest BCUT2D eigenvalue weighted by Crippen LogP contribution is -2.12. The van der Waals surface area contributed by atoms with Gasteiger partial charge >= 0.3 is 0 Å². The molecule has 0 saturated heterocycles. The summed E-state index contributed by atoms with van der Waals surface area (Å²) in [6.07, 6.45) is 4.94. The summed E-state index contributed by atoms with van der Waals surface area (Å²) in [5.41, 5.74) is 2.57. The summed E-state index contributed by atoms with van der Waals surface area (Å²) in [7, 11) is 0. The predicted molar refractivity (Wildman–Crippen MR) is 53.2 cm³/mol. The smallest absolute Gasteiger partial charge is 0.167 e. The third-order valence-electron chi connectivity index (χ3n) is 2.88. The van der Waals surface area contributed by atoms with Gasteiger partial charge in [-0.2, -0.15) is 0 Å². The van der Waals surface area contributed by atoms with Crippen molar-refractivity contribution >= 4 is 0 Å². The Balaban J connectivity index is 2.12. The van der Waals surface area contributed by atoms with Crippen LogP contribution in [0.15, 0.2) is 30.5 Å². The van der Waals surface area contributed by atoms with Crippen molar-refractivity contribution in [3.63, 3.8) is 0 Å². The fraction of sp³-hybridized carbons (Fsp3) is 0.333. The topological polar surface area (TPSA) is 18.5 Å². The lowest BCUT2D eigenvalue weighted by Gasteiger charge is -2.10. The molecule has 2 heterocycles. The zero-order chi connectivity index (χ0) is 9.54. The van der Waals surface area contributed by atoms with Gasteiger partial charge in [0.05, 0.1) is 6.26 Å². The maximum absolute atomic E-state index is 5.76. The maximum Gasteiger partial charge on any atom is 0.167 e. The van der Waals surface area contributed by atoms with Crippen LogP contribution in [0.4, 0.5) is 0 Å². The van der Waals surface area contributed by atoms with E-state index in [1.165, 1.54) is 11.1 Å². The SMILES string of the molecule is CCc1cccc2c1[C@@H]1OC=C[C@@H]1O2. The third-order valence-corrected chi connectivity index (χ3v) is 2.88. The molecule has 72 valence electrons. The normalized spacial score (nSPS) is 26.6. The second-order valence-corrected chi connectivity index (χ2v) is 3.65. The van der Waals surface area contributed by atoms with E-state index in [0.29, 0.717) is 0 Å². The average molecular weight is 188 g/mol. The van der Waals surface area contributed by atoms with Crippen LogP contribution in [0, 0.1) is 0 Å². The first-order valence-electron chi connectivity index (χ1n) is 5.00. The molecule has 2 heteroatoms. The minimum atomic E-state index is 0.0951. The first-order chi connectivity index (χ1) is 6.90. The van der Waals surface area contributed by atoms with E-state index < -0.39 is 0 Å². The van der Waals surface area contributed by atoms with Gasteiger partial charge in [-0.05, 0) is 24.1 Å². The van der Waals surface area contributed by atoms with Gasteiger partial charge in [0.25, 0.3) is 0 Å². The molecule has 0 unspecified atom stereocenters. The van der Waals surface area contributed by atoms with Crippen LogP contribution in [0.5, 0.6) is 5.75 Å². The van der Waals surface area contributed by atoms with E-state index in [2.05, 4.69) is 13.0 Å². The molecule has 0 N–H and O–H groups in total. The van der Waals surface area contributed by atoms with Gasteiger partial charge in [0.1, 0.15) is 5.75 Å². The van der Waals surface area contributed by atoms with Crippen molar-refractivity contribution in [3.8, 4) is 5.75 Å². The van der Waals surface area contributed by atoms with Crippen molar-refractivity contribution in [2.75, 3.05) is 0 Å². The lowest BCUT2D eigenvalue weighted by molar-refractivity contribution is 0.109. The Morgan fingerprint density at radius 2 is 2.29 bits per heavy atom. The van der Waals surface area contributed by atoms with E-state index in [4.69, 9.17) is 9.47 Å². The number of aryl methyl sites for hydroxylation is 1. The fourth-order valence-corrected chi connectivity index (χ4v) is 2.19. The fourth-order valence-electron chi connectivity index (χ4n) is 2.19. The quantitative estimate of drug-likeness (QED) is 0.674. The van der Waals surface area contributed by atoms with Crippen molar-refractivity contribution in [1.82, 2.24) is 0 Å². The third kappa shape index (κ3) is 0.910. The highest BCUT2D eigenvalue weighted by Gasteiger charge is 2.38. The van der Waals surface area contributed by atoms with E-state index in [1.807, 2.05) is 18.2 Å². The van der Waals surface area contributed by atoms with Crippen molar-refractivity contribution < 1.29 is 9.47 Å². The minimum Gasteiger partial charge on any atom is -0.489 e. The Hall–Kier alpha value is -1.44. The summed E-state index contributed by atoms with van der Waals surface area (Å²) in [6, 6.07) is 6.21. The van der Waals surface area contributed by atoms with Gasteiger partial charge in [-0.25, -0.2) is 0 Å². The van der Waals surface area contributed by atoms with Crippen LogP contribution < -0.4 is 4.74 Å². The molecular weight excluding hydrogens is 176 g/mol. The molecule has 2 atom stereocenters. The van der Waals surface area contributed by atoms with E-state index in [9.17, 15) is 0 Å². The Kier molecular flexibility index (Phi) is 1.57. The zero-order valence-corrected chi connectivity index (χ0v) is 8.07. The van der Waals surface area contributed by atoms with E-state index in [-0.39, 0.29) is 12.2 Å². The summed E-state index contributed by atoms with van der Waals surface area (Å²) >= 11 is 0. The first-order valence-corrected chi connectivity index (χ1v) is 5.00. The zero-order valence-electron chi connectivity index (χ0n) is 8.07. The Morgan fingerprint density at radius 1 is 1.36 bits per heavy atom. The molecule has 14 heavy (non-hydrogen) atoms.